The number of alkyl halides is 1. The number of piperidine rings is 1. The van der Waals surface area contributed by atoms with Gasteiger partial charge in [0.15, 0.2) is 0 Å². The van der Waals surface area contributed by atoms with Crippen LogP contribution in [0.3, 0.4) is 0 Å². The van der Waals surface area contributed by atoms with E-state index in [4.69, 9.17) is 5.73 Å². The Morgan fingerprint density at radius 1 is 1.47 bits per heavy atom. The number of likely N-dealkylation sites (tertiary alicyclic amines) is 1. The van der Waals surface area contributed by atoms with Crippen LogP contribution in [0.4, 0.5) is 4.39 Å². The van der Waals surface area contributed by atoms with Crippen LogP contribution in [0.2, 0.25) is 0 Å². The number of rotatable bonds is 4. The molecule has 1 aliphatic rings. The number of nitrogens with zero attached hydrogens (tertiary/aromatic N) is 1. The third-order valence-electron chi connectivity index (χ3n) is 2.91. The molecule has 1 aliphatic heterocycles. The molecular weight excluding hydrogens is 334 g/mol. The number of nitrogens with two attached hydrogens (primary N) is 1. The molecule has 4 nitrogen and oxygen atoms in total. The van der Waals surface area contributed by atoms with Gasteiger partial charge in [-0.15, -0.1) is 0 Å². The van der Waals surface area contributed by atoms with Crippen LogP contribution in [-0.2, 0) is 0 Å². The van der Waals surface area contributed by atoms with Crippen LogP contribution in [-0.4, -0.2) is 44.3 Å². The lowest BCUT2D eigenvalue weighted by molar-refractivity contribution is 0.127. The van der Waals surface area contributed by atoms with Crippen molar-refractivity contribution in [1.82, 2.24) is 15.5 Å². The Morgan fingerprint density at radius 2 is 2.18 bits per heavy atom. The van der Waals surface area contributed by atoms with E-state index in [1.165, 1.54) is 0 Å². The van der Waals surface area contributed by atoms with Crippen LogP contribution in [0.25, 0.3) is 0 Å². The first kappa shape index (κ1) is 14.6. The van der Waals surface area contributed by atoms with Crippen molar-refractivity contribution in [2.75, 3.05) is 27.2 Å². The summed E-state index contributed by atoms with van der Waals surface area (Å²) in [7, 11) is 3.64. The van der Waals surface area contributed by atoms with Gasteiger partial charge in [0.1, 0.15) is 12.0 Å². The van der Waals surface area contributed by atoms with Crippen molar-refractivity contribution in [2.24, 2.45) is 5.73 Å². The number of allylic oxidation sites excluding steroid dienone is 2. The van der Waals surface area contributed by atoms with E-state index >= 15 is 0 Å². The predicted octanol–water partition coefficient (Wildman–Crippen LogP) is 0.914. The van der Waals surface area contributed by atoms with E-state index in [2.05, 4.69) is 10.6 Å². The molecule has 0 saturated carbocycles. The Hall–Kier alpha value is -0.500. The van der Waals surface area contributed by atoms with Crippen molar-refractivity contribution in [3.63, 3.8) is 0 Å². The normalized spacial score (nSPS) is 27.2. The van der Waals surface area contributed by atoms with Crippen molar-refractivity contribution >= 4 is 22.6 Å². The summed E-state index contributed by atoms with van der Waals surface area (Å²) >= 11 is 2.04. The molecule has 0 aromatic carbocycles. The molecule has 98 valence electrons. The summed E-state index contributed by atoms with van der Waals surface area (Å²) < 4.78 is 14.5. The van der Waals surface area contributed by atoms with Crippen molar-refractivity contribution < 1.29 is 4.39 Å². The lowest BCUT2D eigenvalue weighted by Crippen LogP contribution is -2.50. The molecule has 0 aliphatic carbocycles. The summed E-state index contributed by atoms with van der Waals surface area (Å²) in [5, 5.41) is 6.08. The summed E-state index contributed by atoms with van der Waals surface area (Å²) in [4.78, 5) is 2.01. The maximum absolute atomic E-state index is 13.8. The highest BCUT2D eigenvalue weighted by Gasteiger charge is 2.28. The first-order valence-corrected chi connectivity index (χ1v) is 6.73. The van der Waals surface area contributed by atoms with E-state index in [0.29, 0.717) is 10.2 Å². The fourth-order valence-corrected chi connectivity index (χ4v) is 2.13. The summed E-state index contributed by atoms with van der Waals surface area (Å²) in [6, 6.07) is -0.0328. The van der Waals surface area contributed by atoms with Crippen LogP contribution in [0.5, 0.6) is 0 Å². The zero-order chi connectivity index (χ0) is 12.8. The Balaban J connectivity index is 2.66. The van der Waals surface area contributed by atoms with Crippen molar-refractivity contribution in [1.29, 1.82) is 0 Å². The molecule has 0 radical (unpaired) electrons. The molecule has 0 bridgehead atoms. The van der Waals surface area contributed by atoms with Crippen molar-refractivity contribution in [3.05, 3.63) is 21.7 Å². The second kappa shape index (κ2) is 7.05. The first-order valence-electron chi connectivity index (χ1n) is 5.65. The molecule has 1 saturated heterocycles. The molecule has 17 heavy (non-hydrogen) atoms. The first-order chi connectivity index (χ1) is 8.08. The van der Waals surface area contributed by atoms with Crippen molar-refractivity contribution in [2.45, 2.75) is 18.6 Å². The lowest BCUT2D eigenvalue weighted by atomic mass is 10.0. The van der Waals surface area contributed by atoms with Gasteiger partial charge in [-0.2, -0.15) is 0 Å². The van der Waals surface area contributed by atoms with Gasteiger partial charge in [-0.05, 0) is 48.2 Å². The molecule has 0 spiro atoms. The van der Waals surface area contributed by atoms with Gasteiger partial charge in [0, 0.05) is 19.6 Å². The summed E-state index contributed by atoms with van der Waals surface area (Å²) in [6.45, 7) is 1.25. The number of hydrogen-bond acceptors (Lipinski definition) is 4. The Kier molecular flexibility index (Phi) is 6.04. The zero-order valence-electron chi connectivity index (χ0n) is 10.2. The van der Waals surface area contributed by atoms with Gasteiger partial charge in [-0.1, -0.05) is 0 Å². The van der Waals surface area contributed by atoms with Gasteiger partial charge in [0.2, 0.25) is 0 Å². The van der Waals surface area contributed by atoms with E-state index in [-0.39, 0.29) is 6.04 Å². The molecule has 0 aromatic heterocycles. The molecule has 2 atom stereocenters. The molecule has 1 rings (SSSR count). The van der Waals surface area contributed by atoms with E-state index in [0.717, 1.165) is 18.8 Å². The average molecular weight is 354 g/mol. The molecule has 1 heterocycles. The van der Waals surface area contributed by atoms with E-state index in [1.807, 2.05) is 46.7 Å². The van der Waals surface area contributed by atoms with E-state index in [9.17, 15) is 4.39 Å². The smallest absolute Gasteiger partial charge is 0.133 e. The fourth-order valence-electron chi connectivity index (χ4n) is 1.95. The van der Waals surface area contributed by atoms with Crippen molar-refractivity contribution in [3.8, 4) is 0 Å². The van der Waals surface area contributed by atoms with Gasteiger partial charge in [-0.3, -0.25) is 0 Å². The maximum atomic E-state index is 13.8. The Morgan fingerprint density at radius 3 is 2.65 bits per heavy atom. The molecule has 4 N–H and O–H groups in total. The van der Waals surface area contributed by atoms with Gasteiger partial charge < -0.3 is 21.3 Å². The van der Waals surface area contributed by atoms with E-state index < -0.39 is 6.17 Å². The second-order valence-electron chi connectivity index (χ2n) is 4.00. The Labute approximate surface area is 116 Å². The number of halogens is 2. The van der Waals surface area contributed by atoms with Crippen LogP contribution < -0.4 is 16.4 Å². The van der Waals surface area contributed by atoms with Crippen LogP contribution >= 0.6 is 22.6 Å². The largest absolute Gasteiger partial charge is 0.394 e. The monoisotopic (exact) mass is 354 g/mol. The van der Waals surface area contributed by atoms with Gasteiger partial charge in [0.05, 0.1) is 10.2 Å². The van der Waals surface area contributed by atoms with Crippen LogP contribution in [0.15, 0.2) is 21.7 Å². The second-order valence-corrected chi connectivity index (χ2v) is 5.24. The highest BCUT2D eigenvalue weighted by atomic mass is 127. The highest BCUT2D eigenvalue weighted by Crippen LogP contribution is 2.17. The summed E-state index contributed by atoms with van der Waals surface area (Å²) in [6.07, 6.45) is 3.66. The van der Waals surface area contributed by atoms with Crippen LogP contribution in [0, 0.1) is 0 Å². The van der Waals surface area contributed by atoms with Gasteiger partial charge >= 0.3 is 0 Å². The molecule has 0 unspecified atom stereocenters. The molecule has 6 heteroatoms. The molecular formula is C11H20FIN4. The SMILES string of the molecule is CN/C(=C\C=C(/N)I)N1CC[C@@H](NC)[C@@H](F)C1. The Bertz CT molecular complexity index is 302. The minimum atomic E-state index is -0.841. The van der Waals surface area contributed by atoms with Gasteiger partial charge in [-0.25, -0.2) is 4.39 Å². The van der Waals surface area contributed by atoms with Gasteiger partial charge in [0.25, 0.3) is 0 Å². The van der Waals surface area contributed by atoms with E-state index in [1.54, 1.807) is 7.05 Å². The lowest BCUT2D eigenvalue weighted by Gasteiger charge is -2.37. The zero-order valence-corrected chi connectivity index (χ0v) is 12.4. The topological polar surface area (TPSA) is 53.3 Å². The highest BCUT2D eigenvalue weighted by molar-refractivity contribution is 14.1. The molecule has 1 fully saturated rings. The molecule has 0 amide bonds. The minimum absolute atomic E-state index is 0.0328. The summed E-state index contributed by atoms with van der Waals surface area (Å²) in [5.41, 5.74) is 5.57. The third-order valence-corrected chi connectivity index (χ3v) is 3.27. The quantitative estimate of drug-likeness (QED) is 0.399. The van der Waals surface area contributed by atoms with Crippen LogP contribution in [0.1, 0.15) is 6.42 Å². The third kappa shape index (κ3) is 4.34. The maximum Gasteiger partial charge on any atom is 0.133 e. The minimum Gasteiger partial charge on any atom is -0.394 e. The standard InChI is InChI=1S/C11H20FIN4/c1-15-9-5-6-17(7-8(9)12)11(16-2)4-3-10(13)14/h3-4,8-9,15-16H,5-7,14H2,1-2H3/b10-3-,11-4+/t8-,9+/m0/s1. The predicted molar refractivity (Wildman–Crippen MR) is 77.4 cm³/mol. The summed E-state index contributed by atoms with van der Waals surface area (Å²) in [5.74, 6) is 0.904. The molecule has 0 aromatic rings. The number of hydrogen-bond donors (Lipinski definition) is 3. The fraction of sp³-hybridized carbons (Fsp3) is 0.636. The number of nitrogens with one attached hydrogen (secondary N) is 2. The average Bonchev–Trinajstić information content (AvgIpc) is 2.29.